The molecule has 17 heteroatoms. The Balaban J connectivity index is 1.22. The van der Waals surface area contributed by atoms with Gasteiger partial charge in [-0.25, -0.2) is 33.1 Å². The van der Waals surface area contributed by atoms with E-state index in [0.29, 0.717) is 15.7 Å². The molecule has 7 rings (SSSR count). The summed E-state index contributed by atoms with van der Waals surface area (Å²) >= 11 is 12.6. The molecule has 2 aromatic heterocycles. The average molecular weight is 711 g/mol. The van der Waals surface area contributed by atoms with Gasteiger partial charge in [0.15, 0.2) is 5.03 Å². The molecule has 2 fully saturated rings. The summed E-state index contributed by atoms with van der Waals surface area (Å²) in [6.45, 7) is 2.16. The van der Waals surface area contributed by atoms with Crippen LogP contribution in [0.25, 0.3) is 11.1 Å². The Morgan fingerprint density at radius 3 is 2.25 bits per heavy atom. The summed E-state index contributed by atoms with van der Waals surface area (Å²) in [4.78, 5) is 54.4. The average Bonchev–Trinajstić information content (AvgIpc) is 3.77. The smallest absolute Gasteiger partial charge is 0.315 e. The SMILES string of the molecule is C[C@@]1(Cc2ccc(-c3cncnc3)cc2)C(=O)N(c2cc(Cl)cc(Cl)c2)c2ncc(S(=O)(=O)N3CCN(C(=O)C4CNC(=O)N4)CC3)n21. The van der Waals surface area contributed by atoms with E-state index in [1.807, 2.05) is 24.3 Å². The number of imidazole rings is 1. The zero-order valence-corrected chi connectivity index (χ0v) is 27.8. The van der Waals surface area contributed by atoms with E-state index >= 15 is 0 Å². The van der Waals surface area contributed by atoms with Crippen molar-refractivity contribution < 1.29 is 22.8 Å². The molecule has 14 nitrogen and oxygen atoms in total. The number of hydrogen-bond acceptors (Lipinski definition) is 8. The van der Waals surface area contributed by atoms with E-state index in [9.17, 15) is 22.8 Å². The molecule has 0 spiro atoms. The maximum absolute atomic E-state index is 14.5. The summed E-state index contributed by atoms with van der Waals surface area (Å²) in [6, 6.07) is 11.1. The molecular formula is C31H29Cl2N9O5S. The van der Waals surface area contributed by atoms with Crippen LogP contribution in [0, 0.1) is 0 Å². The number of aromatic nitrogens is 4. The lowest BCUT2D eigenvalue weighted by Crippen LogP contribution is -2.55. The van der Waals surface area contributed by atoms with Crippen molar-refractivity contribution in [3.63, 3.8) is 0 Å². The summed E-state index contributed by atoms with van der Waals surface area (Å²) in [5.41, 5.74) is 1.41. The molecule has 5 heterocycles. The van der Waals surface area contributed by atoms with Crippen LogP contribution in [0.2, 0.25) is 10.0 Å². The van der Waals surface area contributed by atoms with Gasteiger partial charge < -0.3 is 15.5 Å². The molecule has 2 N–H and O–H groups in total. The first-order chi connectivity index (χ1) is 23.0. The fourth-order valence-electron chi connectivity index (χ4n) is 6.38. The van der Waals surface area contributed by atoms with Crippen molar-refractivity contribution in [2.75, 3.05) is 37.6 Å². The van der Waals surface area contributed by atoms with E-state index in [4.69, 9.17) is 23.2 Å². The second kappa shape index (κ2) is 12.1. The first-order valence-corrected chi connectivity index (χ1v) is 17.2. The first kappa shape index (κ1) is 32.0. The minimum atomic E-state index is -4.20. The van der Waals surface area contributed by atoms with Crippen LogP contribution >= 0.6 is 23.2 Å². The maximum Gasteiger partial charge on any atom is 0.315 e. The maximum atomic E-state index is 14.5. The lowest BCUT2D eigenvalue weighted by atomic mass is 9.91. The summed E-state index contributed by atoms with van der Waals surface area (Å²) in [5, 5.41) is 5.56. The van der Waals surface area contributed by atoms with Gasteiger partial charge in [-0.2, -0.15) is 4.31 Å². The third kappa shape index (κ3) is 5.55. The number of benzene rings is 2. The van der Waals surface area contributed by atoms with Gasteiger partial charge in [-0.3, -0.25) is 14.2 Å². The van der Waals surface area contributed by atoms with Gasteiger partial charge in [0.25, 0.3) is 15.9 Å². The Bertz CT molecular complexity index is 2020. The predicted octanol–water partition coefficient (Wildman–Crippen LogP) is 2.80. The molecule has 2 aromatic carbocycles. The van der Waals surface area contributed by atoms with E-state index in [2.05, 4.69) is 25.6 Å². The number of carbonyl (C=O) groups is 3. The van der Waals surface area contributed by atoms with Gasteiger partial charge in [0, 0.05) is 67.1 Å². The number of piperazine rings is 1. The lowest BCUT2D eigenvalue weighted by molar-refractivity contribution is -0.133. The molecule has 3 aliphatic heterocycles. The van der Waals surface area contributed by atoms with Crippen molar-refractivity contribution in [1.82, 2.24) is 39.4 Å². The largest absolute Gasteiger partial charge is 0.338 e. The van der Waals surface area contributed by atoms with Gasteiger partial charge in [-0.05, 0) is 36.2 Å². The van der Waals surface area contributed by atoms with Crippen molar-refractivity contribution in [2.45, 2.75) is 30.0 Å². The molecule has 4 aromatic rings. The summed E-state index contributed by atoms with van der Waals surface area (Å²) < 4.78 is 31.3. The third-order valence-electron chi connectivity index (χ3n) is 8.79. The van der Waals surface area contributed by atoms with E-state index < -0.39 is 33.5 Å². The van der Waals surface area contributed by atoms with Gasteiger partial charge in [-0.1, -0.05) is 47.5 Å². The summed E-state index contributed by atoms with van der Waals surface area (Å²) in [7, 11) is -4.20. The van der Waals surface area contributed by atoms with E-state index in [-0.39, 0.29) is 56.0 Å². The molecule has 48 heavy (non-hydrogen) atoms. The number of halogens is 2. The monoisotopic (exact) mass is 709 g/mol. The van der Waals surface area contributed by atoms with Crippen molar-refractivity contribution in [2.24, 2.45) is 0 Å². The Morgan fingerprint density at radius 1 is 0.958 bits per heavy atom. The quantitative estimate of drug-likeness (QED) is 0.296. The van der Waals surface area contributed by atoms with Crippen molar-refractivity contribution in [1.29, 1.82) is 0 Å². The second-order valence-electron chi connectivity index (χ2n) is 11.9. The highest BCUT2D eigenvalue weighted by Gasteiger charge is 2.52. The summed E-state index contributed by atoms with van der Waals surface area (Å²) in [5.74, 6) is -0.588. The molecule has 0 aliphatic carbocycles. The number of urea groups is 1. The fraction of sp³-hybridized carbons (Fsp3) is 0.290. The number of fused-ring (bicyclic) bond motifs is 1. The van der Waals surface area contributed by atoms with E-state index in [0.717, 1.165) is 16.7 Å². The zero-order chi connectivity index (χ0) is 33.8. The minimum absolute atomic E-state index is 0.0195. The van der Waals surface area contributed by atoms with Crippen LogP contribution in [0.1, 0.15) is 12.5 Å². The Hall–Kier alpha value is -4.57. The van der Waals surface area contributed by atoms with Gasteiger partial charge in [0.2, 0.25) is 11.9 Å². The fourth-order valence-corrected chi connectivity index (χ4v) is 8.50. The van der Waals surface area contributed by atoms with Crippen LogP contribution in [-0.4, -0.2) is 93.8 Å². The highest BCUT2D eigenvalue weighted by molar-refractivity contribution is 7.89. The number of nitrogens with zero attached hydrogens (tertiary/aromatic N) is 7. The van der Waals surface area contributed by atoms with Crippen molar-refractivity contribution in [3.05, 3.63) is 83.0 Å². The molecular weight excluding hydrogens is 681 g/mol. The number of rotatable bonds is 7. The lowest BCUT2D eigenvalue weighted by Gasteiger charge is -2.35. The number of amides is 4. The highest BCUT2D eigenvalue weighted by Crippen LogP contribution is 2.45. The van der Waals surface area contributed by atoms with Gasteiger partial charge in [0.05, 0.1) is 11.9 Å². The van der Waals surface area contributed by atoms with Crippen LogP contribution in [0.3, 0.4) is 0 Å². The zero-order valence-electron chi connectivity index (χ0n) is 25.5. The van der Waals surface area contributed by atoms with Crippen LogP contribution in [0.5, 0.6) is 0 Å². The first-order valence-electron chi connectivity index (χ1n) is 15.0. The van der Waals surface area contributed by atoms with E-state index in [1.54, 1.807) is 31.5 Å². The molecule has 3 aliphatic rings. The van der Waals surface area contributed by atoms with Crippen LogP contribution in [0.4, 0.5) is 16.4 Å². The van der Waals surface area contributed by atoms with Crippen LogP contribution in [0.15, 0.2) is 72.4 Å². The molecule has 0 radical (unpaired) electrons. The summed E-state index contributed by atoms with van der Waals surface area (Å²) in [6.07, 6.45) is 6.24. The van der Waals surface area contributed by atoms with Gasteiger partial charge >= 0.3 is 6.03 Å². The Kier molecular flexibility index (Phi) is 8.10. The molecule has 0 bridgehead atoms. The normalized spacial score (nSPS) is 21.3. The molecule has 2 atom stereocenters. The molecule has 4 amide bonds. The number of nitrogens with one attached hydrogen (secondary N) is 2. The highest BCUT2D eigenvalue weighted by atomic mass is 35.5. The third-order valence-corrected chi connectivity index (χ3v) is 11.1. The van der Waals surface area contributed by atoms with Crippen LogP contribution in [-0.2, 0) is 31.6 Å². The second-order valence-corrected chi connectivity index (χ2v) is 14.7. The van der Waals surface area contributed by atoms with Gasteiger partial charge in [0.1, 0.15) is 17.9 Å². The minimum Gasteiger partial charge on any atom is -0.338 e. The van der Waals surface area contributed by atoms with Crippen molar-refractivity contribution >= 4 is 62.7 Å². The number of sulfonamides is 1. The van der Waals surface area contributed by atoms with Gasteiger partial charge in [-0.15, -0.1) is 0 Å². The predicted molar refractivity (Wildman–Crippen MR) is 176 cm³/mol. The molecule has 0 saturated carbocycles. The van der Waals surface area contributed by atoms with Crippen molar-refractivity contribution in [3.8, 4) is 11.1 Å². The topological polar surface area (TPSA) is 163 Å². The van der Waals surface area contributed by atoms with Crippen LogP contribution < -0.4 is 15.5 Å². The number of anilines is 2. The number of hydrogen-bond donors (Lipinski definition) is 2. The molecule has 2 saturated heterocycles. The Morgan fingerprint density at radius 2 is 1.62 bits per heavy atom. The number of carbonyl (C=O) groups excluding carboxylic acids is 3. The molecule has 1 unspecified atom stereocenters. The Labute approximate surface area is 285 Å². The standard InChI is InChI=1S/C31H29Cl2N9O5S/c1-31(13-19-2-4-20(5-3-19)21-14-34-18-35-15-21)28(44)41(24-11-22(32)10-23(33)12-24)30-37-17-26(42(30)31)48(46,47)40-8-6-39(7-9-40)27(43)25-16-36-29(45)38-25/h2-5,10-12,14-15,17-18,25H,6-9,13,16H2,1H3,(H2,36,38,45)/t25?,31-/m1/s1. The molecule has 248 valence electrons. The van der Waals surface area contributed by atoms with E-state index in [1.165, 1.54) is 37.3 Å².